The van der Waals surface area contributed by atoms with Crippen molar-refractivity contribution in [2.24, 2.45) is 0 Å². The van der Waals surface area contributed by atoms with Gasteiger partial charge in [-0.15, -0.1) is 0 Å². The zero-order chi connectivity index (χ0) is 30.4. The zero-order valence-corrected chi connectivity index (χ0v) is 25.5. The predicted molar refractivity (Wildman–Crippen MR) is 171 cm³/mol. The van der Waals surface area contributed by atoms with Crippen LogP contribution in [0.5, 0.6) is 0 Å². The number of hydrogen-bond donors (Lipinski definition) is 2. The van der Waals surface area contributed by atoms with Crippen LogP contribution in [0.2, 0.25) is 5.02 Å². The van der Waals surface area contributed by atoms with E-state index in [9.17, 15) is 18.0 Å². The molecule has 0 saturated heterocycles. The van der Waals surface area contributed by atoms with E-state index in [0.29, 0.717) is 21.8 Å². The van der Waals surface area contributed by atoms with Gasteiger partial charge in [0.15, 0.2) is 0 Å². The fourth-order valence-electron chi connectivity index (χ4n) is 5.27. The molecule has 7 nitrogen and oxygen atoms in total. The Hall–Kier alpha value is -4.14. The van der Waals surface area contributed by atoms with E-state index in [-0.39, 0.29) is 34.6 Å². The lowest BCUT2D eigenvalue weighted by atomic mass is 9.95. The molecule has 222 valence electrons. The summed E-state index contributed by atoms with van der Waals surface area (Å²) in [4.78, 5) is 27.1. The highest BCUT2D eigenvalue weighted by Crippen LogP contribution is 2.31. The smallest absolute Gasteiger partial charge is 0.264 e. The molecule has 1 saturated carbocycles. The highest BCUT2D eigenvalue weighted by atomic mass is 35.5. The number of hydrogen-bond acceptors (Lipinski definition) is 4. The van der Waals surface area contributed by atoms with Gasteiger partial charge in [-0.1, -0.05) is 85.0 Å². The Morgan fingerprint density at radius 2 is 1.42 bits per heavy atom. The molecule has 43 heavy (non-hydrogen) atoms. The number of benzene rings is 4. The number of aryl methyl sites for hydroxylation is 1. The molecule has 0 atom stereocenters. The minimum Gasteiger partial charge on any atom is -0.349 e. The molecular weight excluding hydrogens is 582 g/mol. The lowest BCUT2D eigenvalue weighted by Crippen LogP contribution is -2.36. The number of rotatable bonds is 9. The maximum Gasteiger partial charge on any atom is 0.264 e. The van der Waals surface area contributed by atoms with Crippen molar-refractivity contribution in [3.8, 4) is 0 Å². The van der Waals surface area contributed by atoms with Crippen LogP contribution in [0.3, 0.4) is 0 Å². The van der Waals surface area contributed by atoms with Gasteiger partial charge in [-0.25, -0.2) is 8.42 Å². The third kappa shape index (κ3) is 7.27. The van der Waals surface area contributed by atoms with Gasteiger partial charge in [0.1, 0.15) is 0 Å². The van der Waals surface area contributed by atoms with Crippen LogP contribution in [-0.4, -0.2) is 26.3 Å². The van der Waals surface area contributed by atoms with Crippen molar-refractivity contribution in [2.75, 3.05) is 9.62 Å². The van der Waals surface area contributed by atoms with Gasteiger partial charge in [0.2, 0.25) is 0 Å². The van der Waals surface area contributed by atoms with E-state index >= 15 is 0 Å². The summed E-state index contributed by atoms with van der Waals surface area (Å²) >= 11 is 6.09. The minimum atomic E-state index is -4.09. The highest BCUT2D eigenvalue weighted by Gasteiger charge is 2.29. The fourth-order valence-corrected chi connectivity index (χ4v) is 6.86. The van der Waals surface area contributed by atoms with Crippen molar-refractivity contribution in [2.45, 2.75) is 56.5 Å². The highest BCUT2D eigenvalue weighted by molar-refractivity contribution is 7.92. The first kappa shape index (κ1) is 30.3. The Kier molecular flexibility index (Phi) is 9.48. The van der Waals surface area contributed by atoms with E-state index in [1.165, 1.54) is 10.7 Å². The van der Waals surface area contributed by atoms with Gasteiger partial charge < -0.3 is 10.6 Å². The summed E-state index contributed by atoms with van der Waals surface area (Å²) < 4.78 is 29.4. The molecule has 4 aromatic rings. The van der Waals surface area contributed by atoms with Crippen LogP contribution in [0.1, 0.15) is 63.9 Å². The minimum absolute atomic E-state index is 0.0297. The standard InChI is InChI=1S/C34H34ClN3O4S/c1-24-15-21-28(22-16-24)43(41,42)38(23-25-17-19-26(35)20-18-25)32-14-8-6-12-30(32)34(40)37-31-13-7-5-11-29(31)33(39)36-27-9-3-2-4-10-27/h5-8,11-22,27H,2-4,9-10,23H2,1H3,(H,36,39)(H,37,40). The van der Waals surface area contributed by atoms with Crippen molar-refractivity contribution < 1.29 is 18.0 Å². The van der Waals surface area contributed by atoms with Crippen LogP contribution in [-0.2, 0) is 16.6 Å². The van der Waals surface area contributed by atoms with Gasteiger partial charge in [-0.05, 0) is 73.9 Å². The molecule has 0 unspecified atom stereocenters. The van der Waals surface area contributed by atoms with Crippen LogP contribution in [0.15, 0.2) is 102 Å². The molecule has 1 aliphatic rings. The number of nitrogens with one attached hydrogen (secondary N) is 2. The second-order valence-corrected chi connectivity index (χ2v) is 13.1. The van der Waals surface area contributed by atoms with Gasteiger partial charge in [0.25, 0.3) is 21.8 Å². The summed E-state index contributed by atoms with van der Waals surface area (Å²) in [5, 5.41) is 6.51. The maximum atomic E-state index is 14.1. The number of sulfonamides is 1. The second kappa shape index (κ2) is 13.4. The Balaban J connectivity index is 1.49. The Morgan fingerprint density at radius 3 is 2.12 bits per heavy atom. The van der Waals surface area contributed by atoms with Crippen molar-refractivity contribution in [3.05, 3.63) is 124 Å². The molecule has 0 aliphatic heterocycles. The average Bonchev–Trinajstić information content (AvgIpc) is 3.01. The van der Waals surface area contributed by atoms with Crippen LogP contribution in [0.25, 0.3) is 0 Å². The first-order valence-corrected chi connectivity index (χ1v) is 16.2. The monoisotopic (exact) mass is 615 g/mol. The van der Waals surface area contributed by atoms with Gasteiger partial charge in [-0.2, -0.15) is 0 Å². The van der Waals surface area contributed by atoms with E-state index in [2.05, 4.69) is 10.6 Å². The molecule has 0 spiro atoms. The first-order chi connectivity index (χ1) is 20.7. The van der Waals surface area contributed by atoms with Gasteiger partial charge in [-0.3, -0.25) is 13.9 Å². The van der Waals surface area contributed by atoms with E-state index in [1.54, 1.807) is 97.1 Å². The van der Waals surface area contributed by atoms with Crippen LogP contribution >= 0.6 is 11.6 Å². The van der Waals surface area contributed by atoms with E-state index < -0.39 is 15.9 Å². The topological polar surface area (TPSA) is 95.6 Å². The van der Waals surface area contributed by atoms with E-state index in [1.807, 2.05) is 6.92 Å². The van der Waals surface area contributed by atoms with E-state index in [0.717, 1.165) is 31.2 Å². The number of amides is 2. The largest absolute Gasteiger partial charge is 0.349 e. The third-order valence-electron chi connectivity index (χ3n) is 7.63. The normalized spacial score (nSPS) is 13.7. The number of halogens is 1. The lowest BCUT2D eigenvalue weighted by Gasteiger charge is -2.27. The number of carbonyl (C=O) groups excluding carboxylic acids is 2. The molecule has 0 radical (unpaired) electrons. The number of carbonyl (C=O) groups is 2. The molecule has 2 N–H and O–H groups in total. The molecule has 9 heteroatoms. The SMILES string of the molecule is Cc1ccc(S(=O)(=O)N(Cc2ccc(Cl)cc2)c2ccccc2C(=O)Nc2ccccc2C(=O)NC2CCCCC2)cc1. The Bertz CT molecular complexity index is 1700. The Morgan fingerprint density at radius 1 is 0.791 bits per heavy atom. The summed E-state index contributed by atoms with van der Waals surface area (Å²) in [7, 11) is -4.09. The van der Waals surface area contributed by atoms with Crippen molar-refractivity contribution in [1.82, 2.24) is 5.32 Å². The zero-order valence-electron chi connectivity index (χ0n) is 23.9. The molecule has 0 heterocycles. The molecule has 1 aliphatic carbocycles. The Labute approximate surface area is 257 Å². The molecule has 2 amide bonds. The van der Waals surface area contributed by atoms with Gasteiger partial charge >= 0.3 is 0 Å². The van der Waals surface area contributed by atoms with Crippen molar-refractivity contribution >= 4 is 44.8 Å². The number of para-hydroxylation sites is 2. The van der Waals surface area contributed by atoms with E-state index in [4.69, 9.17) is 11.6 Å². The lowest BCUT2D eigenvalue weighted by molar-refractivity contribution is 0.0928. The summed E-state index contributed by atoms with van der Waals surface area (Å²) in [6.07, 6.45) is 5.21. The second-order valence-electron chi connectivity index (χ2n) is 10.8. The number of anilines is 2. The third-order valence-corrected chi connectivity index (χ3v) is 9.65. The fraction of sp³-hybridized carbons (Fsp3) is 0.235. The summed E-state index contributed by atoms with van der Waals surface area (Å²) in [5.41, 5.74) is 2.67. The summed E-state index contributed by atoms with van der Waals surface area (Å²) in [6.45, 7) is 1.85. The first-order valence-electron chi connectivity index (χ1n) is 14.4. The van der Waals surface area contributed by atoms with Crippen molar-refractivity contribution in [1.29, 1.82) is 0 Å². The predicted octanol–water partition coefficient (Wildman–Crippen LogP) is 7.36. The van der Waals surface area contributed by atoms with Crippen LogP contribution < -0.4 is 14.9 Å². The molecule has 4 aromatic carbocycles. The van der Waals surface area contributed by atoms with Crippen LogP contribution in [0, 0.1) is 6.92 Å². The van der Waals surface area contributed by atoms with Crippen LogP contribution in [0.4, 0.5) is 11.4 Å². The quantitative estimate of drug-likeness (QED) is 0.206. The molecular formula is C34H34ClN3O4S. The van der Waals surface area contributed by atoms with Crippen molar-refractivity contribution in [3.63, 3.8) is 0 Å². The molecule has 0 aromatic heterocycles. The molecule has 0 bridgehead atoms. The summed E-state index contributed by atoms with van der Waals surface area (Å²) in [5.74, 6) is -0.781. The maximum absolute atomic E-state index is 14.1. The number of nitrogens with zero attached hydrogens (tertiary/aromatic N) is 1. The summed E-state index contributed by atoms with van der Waals surface area (Å²) in [6, 6.07) is 27.0. The molecule has 5 rings (SSSR count). The van der Waals surface area contributed by atoms with Gasteiger partial charge in [0, 0.05) is 11.1 Å². The average molecular weight is 616 g/mol. The van der Waals surface area contributed by atoms with Gasteiger partial charge in [0.05, 0.1) is 33.9 Å². The molecule has 1 fully saturated rings.